The lowest BCUT2D eigenvalue weighted by Gasteiger charge is -2.26. The van der Waals surface area contributed by atoms with Crippen LogP contribution in [0.2, 0.25) is 0 Å². The Morgan fingerprint density at radius 1 is 1.21 bits per heavy atom. The zero-order valence-corrected chi connectivity index (χ0v) is 12.9. The second-order valence-corrected chi connectivity index (χ2v) is 6.31. The summed E-state index contributed by atoms with van der Waals surface area (Å²) in [4.78, 5) is 11.8. The van der Waals surface area contributed by atoms with Gasteiger partial charge in [0.25, 0.3) is 0 Å². The van der Waals surface area contributed by atoms with Gasteiger partial charge in [0.2, 0.25) is 5.91 Å². The number of carbonyl (C=O) groups excluding carboxylic acids is 1. The van der Waals surface area contributed by atoms with E-state index in [9.17, 15) is 4.79 Å². The lowest BCUT2D eigenvalue weighted by atomic mass is 9.87. The third-order valence-corrected chi connectivity index (χ3v) is 4.22. The number of hydrogen-bond donors (Lipinski definition) is 2. The van der Waals surface area contributed by atoms with Gasteiger partial charge in [-0.2, -0.15) is 0 Å². The molecule has 0 aliphatic heterocycles. The number of anilines is 1. The van der Waals surface area contributed by atoms with Crippen LogP contribution in [0.5, 0.6) is 0 Å². The average Bonchev–Trinajstić information content (AvgIpc) is 2.41. The van der Waals surface area contributed by atoms with E-state index >= 15 is 0 Å². The Kier molecular flexibility index (Phi) is 5.40. The second-order valence-electron chi connectivity index (χ2n) is 5.39. The number of benzene rings is 1. The van der Waals surface area contributed by atoms with Crippen molar-refractivity contribution in [1.82, 2.24) is 5.32 Å². The molecule has 0 saturated heterocycles. The molecule has 0 unspecified atom stereocenters. The summed E-state index contributed by atoms with van der Waals surface area (Å²) in [5, 5.41) is 6.25. The summed E-state index contributed by atoms with van der Waals surface area (Å²) in [5.74, 6) is 0.871. The molecule has 0 heterocycles. The minimum Gasteiger partial charge on any atom is -0.325 e. The SMILES string of the molecule is CC1CCC(NCC(=O)Nc2ccc(Br)cc2)CC1. The molecule has 1 amide bonds. The predicted molar refractivity (Wildman–Crippen MR) is 82.2 cm³/mol. The standard InChI is InChI=1S/C15H21BrN2O/c1-11-2-6-13(7-3-11)17-10-15(19)18-14-8-4-12(16)5-9-14/h4-5,8-9,11,13,17H,2-3,6-7,10H2,1H3,(H,18,19). The highest BCUT2D eigenvalue weighted by atomic mass is 79.9. The first-order chi connectivity index (χ1) is 9.13. The summed E-state index contributed by atoms with van der Waals surface area (Å²) in [6.45, 7) is 2.70. The first-order valence-corrected chi connectivity index (χ1v) is 7.71. The molecule has 0 bridgehead atoms. The van der Waals surface area contributed by atoms with Gasteiger partial charge in [-0.1, -0.05) is 22.9 Å². The lowest BCUT2D eigenvalue weighted by Crippen LogP contribution is -2.38. The third kappa shape index (κ3) is 4.96. The second kappa shape index (κ2) is 7.06. The van der Waals surface area contributed by atoms with Crippen molar-refractivity contribution in [2.75, 3.05) is 11.9 Å². The smallest absolute Gasteiger partial charge is 0.238 e. The highest BCUT2D eigenvalue weighted by Crippen LogP contribution is 2.23. The van der Waals surface area contributed by atoms with Gasteiger partial charge in [-0.3, -0.25) is 4.79 Å². The van der Waals surface area contributed by atoms with Gasteiger partial charge in [0.15, 0.2) is 0 Å². The predicted octanol–water partition coefficient (Wildman–Crippen LogP) is 3.56. The number of halogens is 1. The molecule has 0 atom stereocenters. The van der Waals surface area contributed by atoms with Gasteiger partial charge in [-0.05, 0) is 55.9 Å². The molecule has 0 spiro atoms. The van der Waals surface area contributed by atoms with E-state index in [-0.39, 0.29) is 5.91 Å². The van der Waals surface area contributed by atoms with Crippen molar-refractivity contribution in [2.24, 2.45) is 5.92 Å². The van der Waals surface area contributed by atoms with Crippen LogP contribution in [0.4, 0.5) is 5.69 Å². The van der Waals surface area contributed by atoms with Crippen LogP contribution in [0.1, 0.15) is 32.6 Å². The van der Waals surface area contributed by atoms with Crippen molar-refractivity contribution in [1.29, 1.82) is 0 Å². The quantitative estimate of drug-likeness (QED) is 0.889. The van der Waals surface area contributed by atoms with Crippen LogP contribution in [0.25, 0.3) is 0 Å². The molecule has 1 saturated carbocycles. The molecule has 1 aromatic rings. The van der Waals surface area contributed by atoms with Gasteiger partial charge in [0.05, 0.1) is 6.54 Å². The van der Waals surface area contributed by atoms with Crippen LogP contribution in [0.15, 0.2) is 28.7 Å². The van der Waals surface area contributed by atoms with Gasteiger partial charge in [0, 0.05) is 16.2 Å². The first kappa shape index (κ1) is 14.5. The Bertz CT molecular complexity index is 411. The summed E-state index contributed by atoms with van der Waals surface area (Å²) < 4.78 is 1.01. The fourth-order valence-corrected chi connectivity index (χ4v) is 2.70. The summed E-state index contributed by atoms with van der Waals surface area (Å²) in [5.41, 5.74) is 0.840. The average molecular weight is 325 g/mol. The fourth-order valence-electron chi connectivity index (χ4n) is 2.44. The van der Waals surface area contributed by atoms with Gasteiger partial charge < -0.3 is 10.6 Å². The first-order valence-electron chi connectivity index (χ1n) is 6.92. The summed E-state index contributed by atoms with van der Waals surface area (Å²) in [7, 11) is 0. The van der Waals surface area contributed by atoms with Crippen molar-refractivity contribution in [2.45, 2.75) is 38.6 Å². The molecule has 104 valence electrons. The number of hydrogen-bond acceptors (Lipinski definition) is 2. The van der Waals surface area contributed by atoms with Crippen molar-refractivity contribution < 1.29 is 4.79 Å². The highest BCUT2D eigenvalue weighted by molar-refractivity contribution is 9.10. The van der Waals surface area contributed by atoms with Crippen LogP contribution in [-0.4, -0.2) is 18.5 Å². The van der Waals surface area contributed by atoms with E-state index in [1.807, 2.05) is 24.3 Å². The van der Waals surface area contributed by atoms with Crippen molar-refractivity contribution in [3.8, 4) is 0 Å². The van der Waals surface area contributed by atoms with Gasteiger partial charge >= 0.3 is 0 Å². The van der Waals surface area contributed by atoms with Gasteiger partial charge in [0.1, 0.15) is 0 Å². The Morgan fingerprint density at radius 3 is 2.47 bits per heavy atom. The Morgan fingerprint density at radius 2 is 1.84 bits per heavy atom. The molecule has 1 aliphatic rings. The van der Waals surface area contributed by atoms with Crippen LogP contribution in [0.3, 0.4) is 0 Å². The number of nitrogens with one attached hydrogen (secondary N) is 2. The fraction of sp³-hybridized carbons (Fsp3) is 0.533. The highest BCUT2D eigenvalue weighted by Gasteiger charge is 2.18. The largest absolute Gasteiger partial charge is 0.325 e. The van der Waals surface area contributed by atoms with Crippen LogP contribution < -0.4 is 10.6 Å². The van der Waals surface area contributed by atoms with Crippen LogP contribution in [0, 0.1) is 5.92 Å². The molecule has 19 heavy (non-hydrogen) atoms. The molecule has 2 rings (SSSR count). The molecule has 1 aromatic carbocycles. The molecule has 0 aromatic heterocycles. The molecule has 1 aliphatic carbocycles. The van der Waals surface area contributed by atoms with E-state index in [0.29, 0.717) is 12.6 Å². The van der Waals surface area contributed by atoms with Crippen molar-refractivity contribution in [3.63, 3.8) is 0 Å². The minimum atomic E-state index is 0.0287. The van der Waals surface area contributed by atoms with E-state index in [4.69, 9.17) is 0 Å². The van der Waals surface area contributed by atoms with Crippen molar-refractivity contribution in [3.05, 3.63) is 28.7 Å². The lowest BCUT2D eigenvalue weighted by molar-refractivity contribution is -0.115. The molecule has 1 fully saturated rings. The van der Waals surface area contributed by atoms with Crippen LogP contribution >= 0.6 is 15.9 Å². The Hall–Kier alpha value is -0.870. The van der Waals surface area contributed by atoms with Gasteiger partial charge in [-0.15, -0.1) is 0 Å². The maximum absolute atomic E-state index is 11.8. The molecule has 3 nitrogen and oxygen atoms in total. The maximum Gasteiger partial charge on any atom is 0.238 e. The molecular weight excluding hydrogens is 304 g/mol. The molecule has 4 heteroatoms. The molecule has 2 N–H and O–H groups in total. The molecule has 0 radical (unpaired) electrons. The monoisotopic (exact) mass is 324 g/mol. The zero-order valence-electron chi connectivity index (χ0n) is 11.3. The normalized spacial score (nSPS) is 23.1. The summed E-state index contributed by atoms with van der Waals surface area (Å²) in [6, 6.07) is 8.14. The molecular formula is C15H21BrN2O. The number of carbonyl (C=O) groups is 1. The third-order valence-electron chi connectivity index (χ3n) is 3.70. The number of rotatable bonds is 4. The summed E-state index contributed by atoms with van der Waals surface area (Å²) >= 11 is 3.37. The van der Waals surface area contributed by atoms with Gasteiger partial charge in [-0.25, -0.2) is 0 Å². The zero-order chi connectivity index (χ0) is 13.7. The van der Waals surface area contributed by atoms with E-state index in [0.717, 1.165) is 16.1 Å². The Balaban J connectivity index is 1.71. The topological polar surface area (TPSA) is 41.1 Å². The minimum absolute atomic E-state index is 0.0287. The maximum atomic E-state index is 11.8. The number of amides is 1. The van der Waals surface area contributed by atoms with Crippen LogP contribution in [-0.2, 0) is 4.79 Å². The van der Waals surface area contributed by atoms with Crippen molar-refractivity contribution >= 4 is 27.5 Å². The van der Waals surface area contributed by atoms with E-state index in [2.05, 4.69) is 33.5 Å². The summed E-state index contributed by atoms with van der Waals surface area (Å²) in [6.07, 6.45) is 4.91. The van der Waals surface area contributed by atoms with E-state index in [1.165, 1.54) is 25.7 Å². The van der Waals surface area contributed by atoms with E-state index < -0.39 is 0 Å². The van der Waals surface area contributed by atoms with E-state index in [1.54, 1.807) is 0 Å². The Labute approximate surface area is 123 Å².